The molecule has 0 bridgehead atoms. The molecule has 2 heterocycles. The highest BCUT2D eigenvalue weighted by atomic mass is 16.5. The van der Waals surface area contributed by atoms with Gasteiger partial charge in [-0.25, -0.2) is 0 Å². The summed E-state index contributed by atoms with van der Waals surface area (Å²) in [6.45, 7) is 1.000. The summed E-state index contributed by atoms with van der Waals surface area (Å²) < 4.78 is 11.4. The lowest BCUT2D eigenvalue weighted by atomic mass is 10.1. The minimum atomic E-state index is -0.119. The van der Waals surface area contributed by atoms with Crippen LogP contribution >= 0.6 is 0 Å². The Hall–Kier alpha value is -4.26. The monoisotopic (exact) mass is 455 g/mol. The van der Waals surface area contributed by atoms with E-state index >= 15 is 0 Å². The predicted octanol–water partition coefficient (Wildman–Crippen LogP) is 4.54. The minimum Gasteiger partial charge on any atom is -0.494 e. The molecule has 172 valence electrons. The van der Waals surface area contributed by atoms with Gasteiger partial charge in [0.05, 0.1) is 18.7 Å². The fourth-order valence-electron chi connectivity index (χ4n) is 4.11. The first-order valence-corrected chi connectivity index (χ1v) is 11.3. The van der Waals surface area contributed by atoms with Crippen LogP contribution < -0.4 is 19.7 Å². The highest BCUT2D eigenvalue weighted by Crippen LogP contribution is 2.34. The number of hydrogen-bond donors (Lipinski definition) is 2. The summed E-state index contributed by atoms with van der Waals surface area (Å²) >= 11 is 0. The van der Waals surface area contributed by atoms with Gasteiger partial charge >= 0.3 is 0 Å². The number of aromatic amines is 1. The summed E-state index contributed by atoms with van der Waals surface area (Å²) in [6.07, 6.45) is 2.81. The Labute approximate surface area is 197 Å². The maximum atomic E-state index is 12.7. The second kappa shape index (κ2) is 9.70. The number of hydrogen-bond acceptors (Lipinski definition) is 4. The van der Waals surface area contributed by atoms with Crippen molar-refractivity contribution in [2.24, 2.45) is 0 Å². The van der Waals surface area contributed by atoms with E-state index in [9.17, 15) is 9.59 Å². The van der Waals surface area contributed by atoms with Crippen molar-refractivity contribution in [1.82, 2.24) is 4.98 Å². The van der Waals surface area contributed by atoms with Gasteiger partial charge in [-0.05, 0) is 42.3 Å². The van der Waals surface area contributed by atoms with Crippen LogP contribution in [0.4, 0.5) is 11.4 Å². The second-order valence-corrected chi connectivity index (χ2v) is 8.12. The summed E-state index contributed by atoms with van der Waals surface area (Å²) in [5.74, 6) is 1.17. The quantitative estimate of drug-likeness (QED) is 0.382. The van der Waals surface area contributed by atoms with E-state index in [-0.39, 0.29) is 24.8 Å². The van der Waals surface area contributed by atoms with Gasteiger partial charge in [0.2, 0.25) is 5.91 Å². The maximum Gasteiger partial charge on any atom is 0.265 e. The summed E-state index contributed by atoms with van der Waals surface area (Å²) in [4.78, 5) is 30.0. The summed E-state index contributed by atoms with van der Waals surface area (Å²) in [7, 11) is 0. The Balaban J connectivity index is 1.21. The molecule has 3 aromatic carbocycles. The van der Waals surface area contributed by atoms with Crippen molar-refractivity contribution in [3.8, 4) is 11.5 Å². The zero-order chi connectivity index (χ0) is 23.3. The number of amides is 2. The number of carbonyl (C=O) groups is 2. The first kappa shape index (κ1) is 21.6. The van der Waals surface area contributed by atoms with Crippen LogP contribution in [0.25, 0.3) is 10.9 Å². The fraction of sp³-hybridized carbons (Fsp3) is 0.185. The molecular formula is C27H25N3O4. The van der Waals surface area contributed by atoms with Gasteiger partial charge in [-0.15, -0.1) is 0 Å². The lowest BCUT2D eigenvalue weighted by Gasteiger charge is -2.29. The van der Waals surface area contributed by atoms with E-state index in [1.165, 1.54) is 0 Å². The maximum absolute atomic E-state index is 12.7. The molecule has 5 rings (SSSR count). The number of benzene rings is 3. The SMILES string of the molecule is O=C(Cc1c[nH]c2ccccc12)Nc1ccc2c(c1)OCC(=O)N2CCCOc1ccccc1. The molecule has 0 unspecified atom stereocenters. The van der Waals surface area contributed by atoms with Crippen molar-refractivity contribution in [3.63, 3.8) is 0 Å². The average molecular weight is 456 g/mol. The first-order chi connectivity index (χ1) is 16.7. The number of rotatable bonds is 8. The standard InChI is InChI=1S/C27H25N3O4/c31-26(15-19-17-28-23-10-5-4-9-22(19)23)29-20-11-12-24-25(16-20)34-18-27(32)30(24)13-6-14-33-21-7-2-1-3-8-21/h1-5,7-12,16-17,28H,6,13-15,18H2,(H,29,31). The topological polar surface area (TPSA) is 83.7 Å². The van der Waals surface area contributed by atoms with E-state index in [2.05, 4.69) is 10.3 Å². The van der Waals surface area contributed by atoms with Crippen molar-refractivity contribution in [2.75, 3.05) is 30.0 Å². The van der Waals surface area contributed by atoms with Gasteiger partial charge in [0.1, 0.15) is 11.5 Å². The van der Waals surface area contributed by atoms with E-state index in [4.69, 9.17) is 9.47 Å². The normalized spacial score (nSPS) is 12.8. The number of anilines is 2. The van der Waals surface area contributed by atoms with Crippen molar-refractivity contribution in [3.05, 3.63) is 84.6 Å². The van der Waals surface area contributed by atoms with Gasteiger partial charge in [0, 0.05) is 35.4 Å². The molecule has 4 aromatic rings. The van der Waals surface area contributed by atoms with Crippen LogP contribution in [-0.4, -0.2) is 36.6 Å². The number of carbonyl (C=O) groups excluding carboxylic acids is 2. The Morgan fingerprint density at radius 1 is 1.06 bits per heavy atom. The van der Waals surface area contributed by atoms with Crippen molar-refractivity contribution in [1.29, 1.82) is 0 Å². The largest absolute Gasteiger partial charge is 0.494 e. The van der Waals surface area contributed by atoms with Crippen LogP contribution in [0.2, 0.25) is 0 Å². The number of nitrogens with one attached hydrogen (secondary N) is 2. The van der Waals surface area contributed by atoms with Gasteiger partial charge in [0.15, 0.2) is 6.61 Å². The molecule has 2 N–H and O–H groups in total. The highest BCUT2D eigenvalue weighted by molar-refractivity contribution is 5.99. The molecule has 1 aromatic heterocycles. The molecular weight excluding hydrogens is 430 g/mol. The van der Waals surface area contributed by atoms with Gasteiger partial charge < -0.3 is 24.7 Å². The Morgan fingerprint density at radius 3 is 2.76 bits per heavy atom. The van der Waals surface area contributed by atoms with Crippen LogP contribution in [0.3, 0.4) is 0 Å². The molecule has 1 aliphatic heterocycles. The molecule has 7 heteroatoms. The molecule has 34 heavy (non-hydrogen) atoms. The third kappa shape index (κ3) is 4.73. The van der Waals surface area contributed by atoms with E-state index in [1.807, 2.05) is 66.9 Å². The second-order valence-electron chi connectivity index (χ2n) is 8.12. The third-order valence-electron chi connectivity index (χ3n) is 5.75. The van der Waals surface area contributed by atoms with Gasteiger partial charge in [-0.3, -0.25) is 9.59 Å². The molecule has 1 aliphatic rings. The van der Waals surface area contributed by atoms with E-state index in [0.29, 0.717) is 36.7 Å². The zero-order valence-electron chi connectivity index (χ0n) is 18.6. The Kier molecular flexibility index (Phi) is 6.16. The molecule has 0 radical (unpaired) electrons. The van der Waals surface area contributed by atoms with Gasteiger partial charge in [-0.1, -0.05) is 36.4 Å². The molecule has 0 spiro atoms. The molecule has 0 fully saturated rings. The smallest absolute Gasteiger partial charge is 0.265 e. The van der Waals surface area contributed by atoms with Gasteiger partial charge in [0.25, 0.3) is 5.91 Å². The number of nitrogens with zero attached hydrogens (tertiary/aromatic N) is 1. The average Bonchev–Trinajstić information content (AvgIpc) is 3.26. The Morgan fingerprint density at radius 2 is 1.88 bits per heavy atom. The van der Waals surface area contributed by atoms with Crippen LogP contribution in [0.15, 0.2) is 79.0 Å². The summed E-state index contributed by atoms with van der Waals surface area (Å²) in [6, 6.07) is 22.9. The molecule has 0 saturated heterocycles. The third-order valence-corrected chi connectivity index (χ3v) is 5.75. The summed E-state index contributed by atoms with van der Waals surface area (Å²) in [5, 5.41) is 3.97. The van der Waals surface area contributed by atoms with E-state index in [1.54, 1.807) is 17.0 Å². The first-order valence-electron chi connectivity index (χ1n) is 11.3. The molecule has 7 nitrogen and oxygen atoms in total. The lowest BCUT2D eigenvalue weighted by Crippen LogP contribution is -2.39. The van der Waals surface area contributed by atoms with Crippen LogP contribution in [0.5, 0.6) is 11.5 Å². The lowest BCUT2D eigenvalue weighted by molar-refractivity contribution is -0.121. The van der Waals surface area contributed by atoms with E-state index < -0.39 is 0 Å². The van der Waals surface area contributed by atoms with Crippen molar-refractivity contribution < 1.29 is 19.1 Å². The number of aromatic nitrogens is 1. The Bertz CT molecular complexity index is 1320. The highest BCUT2D eigenvalue weighted by Gasteiger charge is 2.25. The summed E-state index contributed by atoms with van der Waals surface area (Å²) in [5.41, 5.74) is 3.28. The van der Waals surface area contributed by atoms with Crippen LogP contribution in [-0.2, 0) is 16.0 Å². The molecule has 0 atom stereocenters. The van der Waals surface area contributed by atoms with Crippen LogP contribution in [0, 0.1) is 0 Å². The number of fused-ring (bicyclic) bond motifs is 2. The van der Waals surface area contributed by atoms with Crippen molar-refractivity contribution in [2.45, 2.75) is 12.8 Å². The molecule has 0 saturated carbocycles. The molecule has 0 aliphatic carbocycles. The zero-order valence-corrected chi connectivity index (χ0v) is 18.6. The minimum absolute atomic E-state index is 0.0285. The fourth-order valence-corrected chi connectivity index (χ4v) is 4.11. The van der Waals surface area contributed by atoms with Crippen molar-refractivity contribution >= 4 is 34.1 Å². The number of ether oxygens (including phenoxy) is 2. The number of H-pyrrole nitrogens is 1. The van der Waals surface area contributed by atoms with Crippen LogP contribution in [0.1, 0.15) is 12.0 Å². The van der Waals surface area contributed by atoms with Gasteiger partial charge in [-0.2, -0.15) is 0 Å². The number of para-hydroxylation sites is 2. The molecule has 2 amide bonds. The van der Waals surface area contributed by atoms with E-state index in [0.717, 1.165) is 22.2 Å². The predicted molar refractivity (Wildman–Crippen MR) is 131 cm³/mol.